The zero-order chi connectivity index (χ0) is 17.2. The molecule has 1 aliphatic heterocycles. The van der Waals surface area contributed by atoms with E-state index in [0.717, 1.165) is 12.8 Å². The largest absolute Gasteiger partial charge is 0.394 e. The van der Waals surface area contributed by atoms with Crippen LogP contribution in [-0.2, 0) is 4.74 Å². The fourth-order valence-corrected chi connectivity index (χ4v) is 2.95. The maximum Gasteiger partial charge on any atom is 0.256 e. The lowest BCUT2D eigenvalue weighted by molar-refractivity contribution is -0.0207. The predicted molar refractivity (Wildman–Crippen MR) is 89.9 cm³/mol. The van der Waals surface area contributed by atoms with E-state index < -0.39 is 0 Å². The summed E-state index contributed by atoms with van der Waals surface area (Å²) in [4.78, 5) is 25.1. The zero-order valence-corrected chi connectivity index (χ0v) is 13.4. The van der Waals surface area contributed by atoms with E-state index in [1.807, 2.05) is 10.6 Å². The number of aliphatic hydroxyl groups excluding tert-OH is 1. The maximum absolute atomic E-state index is 12.3. The number of imidazole rings is 1. The second kappa shape index (κ2) is 6.58. The molecule has 4 rings (SSSR count). The Bertz CT molecular complexity index is 896. The number of benzene rings is 1. The molecule has 0 radical (unpaired) electrons. The molecule has 2 aromatic heterocycles. The highest BCUT2D eigenvalue weighted by Crippen LogP contribution is 2.31. The van der Waals surface area contributed by atoms with Crippen molar-refractivity contribution in [2.24, 2.45) is 0 Å². The van der Waals surface area contributed by atoms with Gasteiger partial charge in [0, 0.05) is 5.56 Å². The highest BCUT2D eigenvalue weighted by Gasteiger charge is 2.28. The van der Waals surface area contributed by atoms with Gasteiger partial charge >= 0.3 is 0 Å². The normalized spacial score (nSPS) is 20.0. The first-order chi connectivity index (χ1) is 12.3. The van der Waals surface area contributed by atoms with Crippen molar-refractivity contribution in [3.05, 3.63) is 48.5 Å². The number of carbonyl (C=O) groups excluding carboxylic acids is 1. The van der Waals surface area contributed by atoms with Crippen molar-refractivity contribution in [1.29, 1.82) is 0 Å². The summed E-state index contributed by atoms with van der Waals surface area (Å²) in [6.07, 6.45) is 4.17. The number of ether oxygens (including phenoxy) is 1. The highest BCUT2D eigenvalue weighted by molar-refractivity contribution is 6.06. The lowest BCUT2D eigenvalue weighted by atomic mass is 10.2. The molecule has 1 fully saturated rings. The molecule has 3 heterocycles. The molecule has 3 aromatic rings. The van der Waals surface area contributed by atoms with E-state index in [1.54, 1.807) is 30.6 Å². The third-order valence-corrected chi connectivity index (χ3v) is 4.23. The smallest absolute Gasteiger partial charge is 0.256 e. The summed E-state index contributed by atoms with van der Waals surface area (Å²) in [5.41, 5.74) is 1.63. The van der Waals surface area contributed by atoms with Gasteiger partial charge in [0.25, 0.3) is 5.91 Å². The lowest BCUT2D eigenvalue weighted by Gasteiger charge is -2.13. The van der Waals surface area contributed by atoms with Crippen molar-refractivity contribution >= 4 is 22.9 Å². The minimum absolute atomic E-state index is 0.00348. The Balaban J connectivity index is 1.62. The molecule has 128 valence electrons. The van der Waals surface area contributed by atoms with Gasteiger partial charge in [0.05, 0.1) is 19.0 Å². The SMILES string of the molecule is O=C(Nc1ncnc2c1ncn2[C@H]1CC[C@H](CO)O1)c1ccccc1. The molecule has 8 heteroatoms. The second-order valence-corrected chi connectivity index (χ2v) is 5.84. The molecule has 2 N–H and O–H groups in total. The average Bonchev–Trinajstić information content (AvgIpc) is 3.29. The quantitative estimate of drug-likeness (QED) is 0.751. The number of nitrogens with zero attached hydrogens (tertiary/aromatic N) is 4. The number of anilines is 1. The minimum Gasteiger partial charge on any atom is -0.394 e. The van der Waals surface area contributed by atoms with Crippen molar-refractivity contribution < 1.29 is 14.6 Å². The van der Waals surface area contributed by atoms with Gasteiger partial charge in [0.15, 0.2) is 17.0 Å². The third-order valence-electron chi connectivity index (χ3n) is 4.23. The lowest BCUT2D eigenvalue weighted by Crippen LogP contribution is -2.15. The van der Waals surface area contributed by atoms with Crippen molar-refractivity contribution in [1.82, 2.24) is 19.5 Å². The number of carbonyl (C=O) groups is 1. The summed E-state index contributed by atoms with van der Waals surface area (Å²) in [6.45, 7) is -0.00348. The topological polar surface area (TPSA) is 102 Å². The van der Waals surface area contributed by atoms with Gasteiger partial charge in [0.1, 0.15) is 12.6 Å². The molecule has 1 saturated heterocycles. The van der Waals surface area contributed by atoms with E-state index in [9.17, 15) is 9.90 Å². The first-order valence-corrected chi connectivity index (χ1v) is 8.06. The summed E-state index contributed by atoms with van der Waals surface area (Å²) >= 11 is 0. The van der Waals surface area contributed by atoms with Crippen molar-refractivity contribution in [3.8, 4) is 0 Å². The molecule has 0 aliphatic carbocycles. The first kappa shape index (κ1) is 15.7. The number of fused-ring (bicyclic) bond motifs is 1. The van der Waals surface area contributed by atoms with Crippen molar-refractivity contribution in [3.63, 3.8) is 0 Å². The molecule has 1 aliphatic rings. The predicted octanol–water partition coefficient (Wildman–Crippen LogP) is 1.75. The number of hydrogen-bond donors (Lipinski definition) is 2. The number of amides is 1. The molecule has 1 amide bonds. The number of aliphatic hydroxyl groups is 1. The van der Waals surface area contributed by atoms with Crippen LogP contribution in [-0.4, -0.2) is 43.2 Å². The van der Waals surface area contributed by atoms with Crippen LogP contribution >= 0.6 is 0 Å². The summed E-state index contributed by atoms with van der Waals surface area (Å²) in [7, 11) is 0. The van der Waals surface area contributed by atoms with Crippen LogP contribution < -0.4 is 5.32 Å². The Kier molecular flexibility index (Phi) is 4.12. The molecular formula is C17H17N5O3. The highest BCUT2D eigenvalue weighted by atomic mass is 16.5. The van der Waals surface area contributed by atoms with Crippen molar-refractivity contribution in [2.45, 2.75) is 25.2 Å². The summed E-state index contributed by atoms with van der Waals surface area (Å²) in [6, 6.07) is 8.91. The van der Waals surface area contributed by atoms with Crippen LogP contribution in [0.1, 0.15) is 29.4 Å². The summed E-state index contributed by atoms with van der Waals surface area (Å²) in [5, 5.41) is 12.0. The standard InChI is InChI=1S/C17H17N5O3/c23-8-12-6-7-13(25-12)22-10-20-14-15(18-9-19-16(14)22)21-17(24)11-4-2-1-3-5-11/h1-5,9-10,12-13,23H,6-8H2,(H,18,19,21,24)/t12-,13-/m1/s1. The van der Waals surface area contributed by atoms with Crippen LogP contribution in [0.4, 0.5) is 5.82 Å². The number of rotatable bonds is 4. The van der Waals surface area contributed by atoms with Crippen LogP contribution in [0, 0.1) is 0 Å². The zero-order valence-electron chi connectivity index (χ0n) is 13.4. The molecule has 0 saturated carbocycles. The van der Waals surface area contributed by atoms with Crippen LogP contribution in [0.15, 0.2) is 43.0 Å². The van der Waals surface area contributed by atoms with Gasteiger partial charge in [-0.1, -0.05) is 18.2 Å². The van der Waals surface area contributed by atoms with E-state index in [-0.39, 0.29) is 24.8 Å². The van der Waals surface area contributed by atoms with Gasteiger partial charge in [-0.2, -0.15) is 0 Å². The van der Waals surface area contributed by atoms with E-state index >= 15 is 0 Å². The van der Waals surface area contributed by atoms with Gasteiger partial charge in [-0.25, -0.2) is 15.0 Å². The second-order valence-electron chi connectivity index (χ2n) is 5.84. The van der Waals surface area contributed by atoms with E-state index in [4.69, 9.17) is 4.74 Å². The number of aromatic nitrogens is 4. The van der Waals surface area contributed by atoms with Crippen molar-refractivity contribution in [2.75, 3.05) is 11.9 Å². The molecule has 25 heavy (non-hydrogen) atoms. The monoisotopic (exact) mass is 339 g/mol. The van der Waals surface area contributed by atoms with Gasteiger partial charge in [-0.05, 0) is 25.0 Å². The summed E-state index contributed by atoms with van der Waals surface area (Å²) < 4.78 is 7.59. The molecule has 1 aromatic carbocycles. The fraction of sp³-hybridized carbons (Fsp3) is 0.294. The van der Waals surface area contributed by atoms with E-state index in [1.165, 1.54) is 6.33 Å². The van der Waals surface area contributed by atoms with Gasteiger partial charge in [0.2, 0.25) is 0 Å². The maximum atomic E-state index is 12.3. The third kappa shape index (κ3) is 2.97. The Labute approximate surface area is 143 Å². The number of nitrogens with one attached hydrogen (secondary N) is 1. The van der Waals surface area contributed by atoms with Gasteiger partial charge in [-0.3, -0.25) is 9.36 Å². The Morgan fingerprint density at radius 1 is 1.24 bits per heavy atom. The van der Waals surface area contributed by atoms with Crippen LogP contribution in [0.2, 0.25) is 0 Å². The summed E-state index contributed by atoms with van der Waals surface area (Å²) in [5.74, 6) is 0.0990. The molecule has 0 unspecified atom stereocenters. The number of hydrogen-bond acceptors (Lipinski definition) is 6. The average molecular weight is 339 g/mol. The van der Waals surface area contributed by atoms with E-state index in [2.05, 4.69) is 20.3 Å². The Morgan fingerprint density at radius 2 is 2.08 bits per heavy atom. The van der Waals surface area contributed by atoms with Crippen LogP contribution in [0.3, 0.4) is 0 Å². The van der Waals surface area contributed by atoms with Crippen LogP contribution in [0.5, 0.6) is 0 Å². The van der Waals surface area contributed by atoms with E-state index in [0.29, 0.717) is 22.5 Å². The first-order valence-electron chi connectivity index (χ1n) is 8.06. The molecule has 0 spiro atoms. The molecule has 8 nitrogen and oxygen atoms in total. The fourth-order valence-electron chi connectivity index (χ4n) is 2.95. The Morgan fingerprint density at radius 3 is 2.84 bits per heavy atom. The molecule has 2 atom stereocenters. The Hall–Kier alpha value is -2.84. The minimum atomic E-state index is -0.257. The van der Waals surface area contributed by atoms with Gasteiger partial charge < -0.3 is 15.2 Å². The van der Waals surface area contributed by atoms with Gasteiger partial charge in [-0.15, -0.1) is 0 Å². The molecule has 0 bridgehead atoms. The van der Waals surface area contributed by atoms with Crippen LogP contribution in [0.25, 0.3) is 11.2 Å². The molecular weight excluding hydrogens is 322 g/mol.